The maximum absolute atomic E-state index is 12.1. The van der Waals surface area contributed by atoms with Crippen LogP contribution in [-0.4, -0.2) is 25.8 Å². The maximum Gasteiger partial charge on any atom is 0.192 e. The van der Waals surface area contributed by atoms with Gasteiger partial charge in [0.1, 0.15) is 5.78 Å². The molecule has 0 radical (unpaired) electrons. The first-order chi connectivity index (χ1) is 11.2. The zero-order chi connectivity index (χ0) is 16.2. The summed E-state index contributed by atoms with van der Waals surface area (Å²) in [5, 5.41) is 10.1. The Bertz CT molecular complexity index is 711. The summed E-state index contributed by atoms with van der Waals surface area (Å²) in [6, 6.07) is 7.51. The van der Waals surface area contributed by atoms with E-state index in [1.165, 1.54) is 11.8 Å². The van der Waals surface area contributed by atoms with Crippen LogP contribution in [0, 0.1) is 0 Å². The van der Waals surface area contributed by atoms with Crippen LogP contribution in [-0.2, 0) is 11.3 Å². The predicted molar refractivity (Wildman–Crippen MR) is 93.8 cm³/mol. The van der Waals surface area contributed by atoms with Gasteiger partial charge in [-0.2, -0.15) is 0 Å². The van der Waals surface area contributed by atoms with E-state index in [2.05, 4.69) is 16.8 Å². The molecule has 0 N–H and O–H groups in total. The molecule has 4 nitrogen and oxygen atoms in total. The lowest BCUT2D eigenvalue weighted by atomic mass is 9.99. The number of carbonyl (C=O) groups is 1. The van der Waals surface area contributed by atoms with Crippen molar-refractivity contribution in [3.8, 4) is 11.4 Å². The van der Waals surface area contributed by atoms with E-state index < -0.39 is 0 Å². The lowest BCUT2D eigenvalue weighted by Crippen LogP contribution is -2.21. The van der Waals surface area contributed by atoms with E-state index in [0.717, 1.165) is 35.8 Å². The number of thioether (sulfide) groups is 1. The standard InChI is InChI=1S/C17H18ClN3OS/c1-2-11-21-16(12-7-9-13(18)10-8-12)19-20-17(21)23-15-6-4-3-5-14(15)22/h2,7-10,15H,1,3-6,11H2. The lowest BCUT2D eigenvalue weighted by molar-refractivity contribution is -0.119. The molecule has 1 aliphatic rings. The van der Waals surface area contributed by atoms with E-state index in [-0.39, 0.29) is 5.25 Å². The van der Waals surface area contributed by atoms with Gasteiger partial charge in [-0.15, -0.1) is 16.8 Å². The topological polar surface area (TPSA) is 47.8 Å². The average molecular weight is 348 g/mol. The second-order valence-electron chi connectivity index (χ2n) is 5.53. The predicted octanol–water partition coefficient (Wildman–Crippen LogP) is 4.39. The number of halogens is 1. The molecular formula is C17H18ClN3OS. The van der Waals surface area contributed by atoms with Crippen molar-refractivity contribution >= 4 is 29.1 Å². The van der Waals surface area contributed by atoms with Gasteiger partial charge in [-0.25, -0.2) is 0 Å². The molecule has 0 saturated heterocycles. The zero-order valence-electron chi connectivity index (χ0n) is 12.7. The highest BCUT2D eigenvalue weighted by Crippen LogP contribution is 2.32. The largest absolute Gasteiger partial charge is 0.298 e. The Labute approximate surface area is 144 Å². The molecule has 1 heterocycles. The molecule has 1 unspecified atom stereocenters. The number of allylic oxidation sites excluding steroid dienone is 1. The second kappa shape index (κ2) is 7.32. The lowest BCUT2D eigenvalue weighted by Gasteiger charge is -2.19. The molecule has 23 heavy (non-hydrogen) atoms. The highest BCUT2D eigenvalue weighted by Gasteiger charge is 2.26. The maximum atomic E-state index is 12.1. The van der Waals surface area contributed by atoms with Crippen LogP contribution in [0.3, 0.4) is 0 Å². The summed E-state index contributed by atoms with van der Waals surface area (Å²) in [5.41, 5.74) is 0.950. The fraction of sp³-hybridized carbons (Fsp3) is 0.353. The van der Waals surface area contributed by atoms with Crippen LogP contribution in [0.2, 0.25) is 5.02 Å². The van der Waals surface area contributed by atoms with Crippen molar-refractivity contribution in [1.29, 1.82) is 0 Å². The number of rotatable bonds is 5. The highest BCUT2D eigenvalue weighted by molar-refractivity contribution is 8.00. The second-order valence-corrected chi connectivity index (χ2v) is 7.14. The molecule has 6 heteroatoms. The van der Waals surface area contributed by atoms with Crippen LogP contribution in [0.5, 0.6) is 0 Å². The van der Waals surface area contributed by atoms with Gasteiger partial charge in [-0.3, -0.25) is 9.36 Å². The summed E-state index contributed by atoms with van der Waals surface area (Å²) in [6.45, 7) is 4.42. The molecule has 2 aromatic rings. The summed E-state index contributed by atoms with van der Waals surface area (Å²) in [7, 11) is 0. The third-order valence-corrected chi connectivity index (χ3v) is 5.43. The van der Waals surface area contributed by atoms with E-state index >= 15 is 0 Å². The van der Waals surface area contributed by atoms with E-state index in [1.54, 1.807) is 0 Å². The van der Waals surface area contributed by atoms with Gasteiger partial charge < -0.3 is 0 Å². The molecule has 1 saturated carbocycles. The van der Waals surface area contributed by atoms with Crippen LogP contribution in [0.25, 0.3) is 11.4 Å². The van der Waals surface area contributed by atoms with Gasteiger partial charge in [-0.05, 0) is 37.1 Å². The van der Waals surface area contributed by atoms with Gasteiger partial charge in [-0.1, -0.05) is 35.9 Å². The molecule has 1 aromatic carbocycles. The zero-order valence-corrected chi connectivity index (χ0v) is 14.3. The van der Waals surface area contributed by atoms with Crippen molar-refractivity contribution in [2.75, 3.05) is 0 Å². The Morgan fingerprint density at radius 2 is 2.09 bits per heavy atom. The quantitative estimate of drug-likeness (QED) is 0.753. The van der Waals surface area contributed by atoms with Gasteiger partial charge in [0.2, 0.25) is 0 Å². The third kappa shape index (κ3) is 3.67. The van der Waals surface area contributed by atoms with Crippen molar-refractivity contribution in [3.63, 3.8) is 0 Å². The molecule has 1 aromatic heterocycles. The third-order valence-electron chi connectivity index (χ3n) is 3.88. The van der Waals surface area contributed by atoms with E-state index in [9.17, 15) is 4.79 Å². The van der Waals surface area contributed by atoms with Crippen LogP contribution >= 0.6 is 23.4 Å². The minimum Gasteiger partial charge on any atom is -0.298 e. The Balaban J connectivity index is 1.90. The fourth-order valence-electron chi connectivity index (χ4n) is 2.68. The van der Waals surface area contributed by atoms with E-state index in [0.29, 0.717) is 23.8 Å². The molecule has 0 aliphatic heterocycles. The number of hydrogen-bond acceptors (Lipinski definition) is 4. The number of benzene rings is 1. The van der Waals surface area contributed by atoms with Crippen molar-refractivity contribution in [3.05, 3.63) is 41.9 Å². The van der Waals surface area contributed by atoms with E-state index in [4.69, 9.17) is 11.6 Å². The van der Waals surface area contributed by atoms with Crippen molar-refractivity contribution < 1.29 is 4.79 Å². The number of Topliss-reactive ketones (excluding diaryl/α,β-unsaturated/α-hetero) is 1. The fourth-order valence-corrected chi connectivity index (χ4v) is 3.98. The monoisotopic (exact) mass is 347 g/mol. The summed E-state index contributed by atoms with van der Waals surface area (Å²) in [6.07, 6.45) is 5.52. The van der Waals surface area contributed by atoms with Crippen molar-refractivity contribution in [1.82, 2.24) is 14.8 Å². The first-order valence-electron chi connectivity index (χ1n) is 7.68. The highest BCUT2D eigenvalue weighted by atomic mass is 35.5. The normalized spacial score (nSPS) is 18.1. The molecule has 0 bridgehead atoms. The van der Waals surface area contributed by atoms with Crippen molar-refractivity contribution in [2.24, 2.45) is 0 Å². The molecule has 1 atom stereocenters. The summed E-state index contributed by atoms with van der Waals surface area (Å²) in [5.74, 6) is 1.09. The van der Waals surface area contributed by atoms with Crippen LogP contribution in [0.15, 0.2) is 42.1 Å². The average Bonchev–Trinajstić information content (AvgIpc) is 2.94. The van der Waals surface area contributed by atoms with Gasteiger partial charge in [0.05, 0.1) is 5.25 Å². The SMILES string of the molecule is C=CCn1c(SC2CCCCC2=O)nnc1-c1ccc(Cl)cc1. The van der Waals surface area contributed by atoms with Gasteiger partial charge in [0.25, 0.3) is 0 Å². The van der Waals surface area contributed by atoms with Gasteiger partial charge in [0, 0.05) is 23.6 Å². The number of nitrogens with zero attached hydrogens (tertiary/aromatic N) is 3. The molecule has 0 spiro atoms. The molecule has 3 rings (SSSR count). The summed E-state index contributed by atoms with van der Waals surface area (Å²) >= 11 is 7.47. The van der Waals surface area contributed by atoms with Crippen LogP contribution in [0.1, 0.15) is 25.7 Å². The number of ketones is 1. The van der Waals surface area contributed by atoms with Crippen LogP contribution < -0.4 is 0 Å². The van der Waals surface area contributed by atoms with Gasteiger partial charge >= 0.3 is 0 Å². The first-order valence-corrected chi connectivity index (χ1v) is 8.94. The molecule has 1 aliphatic carbocycles. The molecule has 120 valence electrons. The number of aromatic nitrogens is 3. The smallest absolute Gasteiger partial charge is 0.192 e. The molecule has 1 fully saturated rings. The Morgan fingerprint density at radius 3 is 2.78 bits per heavy atom. The Kier molecular flexibility index (Phi) is 5.18. The van der Waals surface area contributed by atoms with Gasteiger partial charge in [0.15, 0.2) is 11.0 Å². The minimum atomic E-state index is -0.00502. The summed E-state index contributed by atoms with van der Waals surface area (Å²) in [4.78, 5) is 12.1. The first kappa shape index (κ1) is 16.3. The molecular weight excluding hydrogens is 330 g/mol. The Morgan fingerprint density at radius 1 is 1.30 bits per heavy atom. The number of hydrogen-bond donors (Lipinski definition) is 0. The molecule has 0 amide bonds. The Hall–Kier alpha value is -1.59. The van der Waals surface area contributed by atoms with Crippen LogP contribution in [0.4, 0.5) is 0 Å². The number of carbonyl (C=O) groups excluding carboxylic acids is 1. The summed E-state index contributed by atoms with van der Waals surface area (Å²) < 4.78 is 2.00. The van der Waals surface area contributed by atoms with E-state index in [1.807, 2.05) is 34.9 Å². The minimum absolute atomic E-state index is 0.00502. The van der Waals surface area contributed by atoms with Crippen molar-refractivity contribution in [2.45, 2.75) is 42.6 Å².